The zero-order valence-electron chi connectivity index (χ0n) is 7.45. The zero-order valence-corrected chi connectivity index (χ0v) is 8.34. The van der Waals surface area contributed by atoms with Crippen LogP contribution in [0.4, 0.5) is 0 Å². The Morgan fingerprint density at radius 3 is 2.33 bits per heavy atom. The number of hydrogen-bond acceptors (Lipinski definition) is 1. The molecule has 0 aliphatic heterocycles. The first kappa shape index (κ1) is 9.41. The van der Waals surface area contributed by atoms with Crippen molar-refractivity contribution in [3.63, 3.8) is 0 Å². The average molecular weight is 180 g/mol. The Labute approximate surface area is 75.0 Å². The molecule has 0 aromatic heterocycles. The van der Waals surface area contributed by atoms with Crippen molar-refractivity contribution in [3.05, 3.63) is 35.9 Å². The molecule has 1 aromatic rings. The average Bonchev–Trinajstić information content (AvgIpc) is 2.18. The lowest BCUT2D eigenvalue weighted by atomic mass is 9.98. The summed E-state index contributed by atoms with van der Waals surface area (Å²) in [5, 5.41) is -0.207. The van der Waals surface area contributed by atoms with E-state index in [1.165, 1.54) is 0 Å². The van der Waals surface area contributed by atoms with Gasteiger partial charge in [0.2, 0.25) is 0 Å². The molecule has 64 valence electrons. The summed E-state index contributed by atoms with van der Waals surface area (Å²) >= 11 is 0. The van der Waals surface area contributed by atoms with Crippen LogP contribution >= 0.6 is 8.46 Å². The molecule has 1 nitrogen and oxygen atoms in total. The largest absolute Gasteiger partial charge is 0.274 e. The summed E-state index contributed by atoms with van der Waals surface area (Å²) in [6.45, 7) is 4.06. The van der Waals surface area contributed by atoms with Gasteiger partial charge in [0.05, 0.1) is 5.16 Å². The summed E-state index contributed by atoms with van der Waals surface area (Å²) < 4.78 is 11.0. The molecule has 0 aliphatic rings. The van der Waals surface area contributed by atoms with Crippen molar-refractivity contribution in [1.29, 1.82) is 0 Å². The number of benzene rings is 1. The summed E-state index contributed by atoms with van der Waals surface area (Å²) in [4.78, 5) is 0. The molecule has 0 amide bonds. The molecule has 1 unspecified atom stereocenters. The van der Waals surface area contributed by atoms with Gasteiger partial charge in [-0.3, -0.25) is 4.57 Å². The van der Waals surface area contributed by atoms with Crippen LogP contribution in [0.5, 0.6) is 0 Å². The Bertz CT molecular complexity index is 258. The Hall–Kier alpha value is -0.680. The highest BCUT2D eigenvalue weighted by molar-refractivity contribution is 7.25. The van der Waals surface area contributed by atoms with E-state index in [4.69, 9.17) is 0 Å². The molecule has 1 rings (SSSR count). The van der Waals surface area contributed by atoms with Gasteiger partial charge in [-0.05, 0) is 18.9 Å². The van der Waals surface area contributed by atoms with Crippen LogP contribution in [0.25, 0.3) is 0 Å². The predicted octanol–water partition coefficient (Wildman–Crippen LogP) is 3.60. The highest BCUT2D eigenvalue weighted by Gasteiger charge is 2.24. The Morgan fingerprint density at radius 1 is 1.33 bits per heavy atom. The lowest BCUT2D eigenvalue weighted by Crippen LogP contribution is -2.11. The molecule has 0 spiro atoms. The molecular formula is C10H13OP. The monoisotopic (exact) mass is 180 g/mol. The van der Waals surface area contributed by atoms with Crippen molar-refractivity contribution in [2.75, 3.05) is 0 Å². The summed E-state index contributed by atoms with van der Waals surface area (Å²) in [5.41, 5.74) is 1.14. The van der Waals surface area contributed by atoms with E-state index in [2.05, 4.69) is 6.92 Å². The molecule has 12 heavy (non-hydrogen) atoms. The fourth-order valence-electron chi connectivity index (χ4n) is 1.12. The van der Waals surface area contributed by atoms with Gasteiger partial charge in [-0.15, -0.1) is 0 Å². The van der Waals surface area contributed by atoms with Crippen LogP contribution < -0.4 is 0 Å². The summed E-state index contributed by atoms with van der Waals surface area (Å²) in [7, 11) is 0.202. The van der Waals surface area contributed by atoms with Crippen molar-refractivity contribution < 1.29 is 4.57 Å². The Balaban J connectivity index is 3.03. The minimum Gasteiger partial charge on any atom is -0.274 e. The van der Waals surface area contributed by atoms with E-state index in [0.717, 1.165) is 12.0 Å². The fraction of sp³-hybridized carbons (Fsp3) is 0.400. The maximum atomic E-state index is 11.0. The van der Waals surface area contributed by atoms with Gasteiger partial charge in [0, 0.05) is 0 Å². The lowest BCUT2D eigenvalue weighted by molar-refractivity contribution is 0.556. The molecular weight excluding hydrogens is 167 g/mol. The van der Waals surface area contributed by atoms with Crippen LogP contribution in [0.15, 0.2) is 30.3 Å². The quantitative estimate of drug-likeness (QED) is 0.649. The molecule has 1 atom stereocenters. The van der Waals surface area contributed by atoms with E-state index in [9.17, 15) is 4.57 Å². The van der Waals surface area contributed by atoms with Crippen LogP contribution in [-0.2, 0) is 9.72 Å². The maximum Gasteiger partial charge on any atom is 0.166 e. The first-order valence-corrected chi connectivity index (χ1v) is 4.94. The highest BCUT2D eigenvalue weighted by Crippen LogP contribution is 2.37. The first-order chi connectivity index (χ1) is 5.73. The summed E-state index contributed by atoms with van der Waals surface area (Å²) in [6, 6.07) is 9.98. The molecule has 0 saturated heterocycles. The van der Waals surface area contributed by atoms with Crippen LogP contribution in [0.2, 0.25) is 0 Å². The summed E-state index contributed by atoms with van der Waals surface area (Å²) in [5.74, 6) is 0. The second-order valence-corrected chi connectivity index (χ2v) is 4.25. The normalized spacial score (nSPS) is 15.8. The molecule has 0 N–H and O–H groups in total. The van der Waals surface area contributed by atoms with E-state index in [1.54, 1.807) is 0 Å². The zero-order chi connectivity index (χ0) is 9.03. The molecule has 0 bridgehead atoms. The van der Waals surface area contributed by atoms with Crippen molar-refractivity contribution in [1.82, 2.24) is 0 Å². The van der Waals surface area contributed by atoms with Crippen molar-refractivity contribution in [2.45, 2.75) is 25.4 Å². The molecule has 0 aliphatic carbocycles. The van der Waals surface area contributed by atoms with Crippen LogP contribution in [0.3, 0.4) is 0 Å². The van der Waals surface area contributed by atoms with Crippen molar-refractivity contribution >= 4 is 8.46 Å². The molecule has 0 fully saturated rings. The third-order valence-electron chi connectivity index (χ3n) is 2.29. The van der Waals surface area contributed by atoms with Gasteiger partial charge in [-0.2, -0.15) is 0 Å². The maximum absolute atomic E-state index is 11.0. The van der Waals surface area contributed by atoms with Crippen LogP contribution in [-0.4, -0.2) is 0 Å². The van der Waals surface area contributed by atoms with Gasteiger partial charge in [-0.25, -0.2) is 0 Å². The van der Waals surface area contributed by atoms with Gasteiger partial charge >= 0.3 is 0 Å². The van der Waals surface area contributed by atoms with Crippen molar-refractivity contribution in [2.24, 2.45) is 0 Å². The highest BCUT2D eigenvalue weighted by atomic mass is 31.1. The van der Waals surface area contributed by atoms with E-state index in [-0.39, 0.29) is 13.6 Å². The predicted molar refractivity (Wildman–Crippen MR) is 51.7 cm³/mol. The Morgan fingerprint density at radius 2 is 1.92 bits per heavy atom. The Kier molecular flexibility index (Phi) is 2.99. The smallest absolute Gasteiger partial charge is 0.166 e. The minimum absolute atomic E-state index is 0.202. The van der Waals surface area contributed by atoms with E-state index in [1.807, 2.05) is 37.3 Å². The topological polar surface area (TPSA) is 17.1 Å². The number of rotatable bonds is 3. The van der Waals surface area contributed by atoms with E-state index < -0.39 is 0 Å². The molecule has 1 aromatic carbocycles. The summed E-state index contributed by atoms with van der Waals surface area (Å²) in [6.07, 6.45) is 0.891. The standard InChI is InChI=1S/C10H13OP/c1-3-10(2,12-11)9-7-5-4-6-8-9/h4-8H,3H2,1-2H3. The van der Waals surface area contributed by atoms with Gasteiger partial charge in [0.1, 0.15) is 0 Å². The van der Waals surface area contributed by atoms with Gasteiger partial charge in [0.25, 0.3) is 0 Å². The van der Waals surface area contributed by atoms with Crippen LogP contribution in [0.1, 0.15) is 25.8 Å². The third-order valence-corrected chi connectivity index (χ3v) is 3.26. The van der Waals surface area contributed by atoms with Gasteiger partial charge in [-0.1, -0.05) is 37.3 Å². The molecule has 0 saturated carbocycles. The SMILES string of the molecule is CCC(C)(P=O)c1ccccc1. The van der Waals surface area contributed by atoms with Crippen molar-refractivity contribution in [3.8, 4) is 0 Å². The third kappa shape index (κ3) is 1.73. The van der Waals surface area contributed by atoms with E-state index in [0.29, 0.717) is 0 Å². The lowest BCUT2D eigenvalue weighted by Gasteiger charge is -2.19. The molecule has 0 radical (unpaired) electrons. The van der Waals surface area contributed by atoms with Crippen LogP contribution in [0, 0.1) is 0 Å². The molecule has 0 heterocycles. The van der Waals surface area contributed by atoms with Gasteiger partial charge in [0.15, 0.2) is 8.46 Å². The number of hydrogen-bond donors (Lipinski definition) is 0. The van der Waals surface area contributed by atoms with Gasteiger partial charge < -0.3 is 0 Å². The second kappa shape index (κ2) is 3.82. The minimum atomic E-state index is -0.207. The second-order valence-electron chi connectivity index (χ2n) is 3.08. The molecule has 2 heteroatoms. The fourth-order valence-corrected chi connectivity index (χ4v) is 1.50. The first-order valence-electron chi connectivity index (χ1n) is 4.13. The van der Waals surface area contributed by atoms with E-state index >= 15 is 0 Å².